The van der Waals surface area contributed by atoms with Crippen LogP contribution in [0.5, 0.6) is 5.75 Å². The van der Waals surface area contributed by atoms with Crippen LogP contribution in [0.1, 0.15) is 31.4 Å². The van der Waals surface area contributed by atoms with Gasteiger partial charge in [0, 0.05) is 19.6 Å². The van der Waals surface area contributed by atoms with Gasteiger partial charge in [-0.15, -0.1) is 0 Å². The molecule has 3 heteroatoms. The summed E-state index contributed by atoms with van der Waals surface area (Å²) in [5, 5.41) is 0. The minimum atomic E-state index is 0.550. The minimum Gasteiger partial charge on any atom is -0.487 e. The highest BCUT2D eigenvalue weighted by molar-refractivity contribution is 5.54. The Hall–Kier alpha value is -2.00. The second kappa shape index (κ2) is 8.39. The molecule has 0 radical (unpaired) electrons. The van der Waals surface area contributed by atoms with E-state index in [-0.39, 0.29) is 0 Å². The van der Waals surface area contributed by atoms with Gasteiger partial charge in [-0.05, 0) is 47.9 Å². The summed E-state index contributed by atoms with van der Waals surface area (Å²) < 4.78 is 5.87. The lowest BCUT2D eigenvalue weighted by Crippen LogP contribution is -2.39. The van der Waals surface area contributed by atoms with Gasteiger partial charge in [0.25, 0.3) is 0 Å². The molecule has 0 spiro atoms. The molecule has 2 N–H and O–H groups in total. The molecule has 1 saturated heterocycles. The Kier molecular flexibility index (Phi) is 5.98. The number of hydrogen-bond donors (Lipinski definition) is 1. The van der Waals surface area contributed by atoms with Crippen LogP contribution in [0.3, 0.4) is 0 Å². The second-order valence-corrected chi connectivity index (χ2v) is 7.60. The van der Waals surface area contributed by atoms with Gasteiger partial charge in [0.15, 0.2) is 0 Å². The highest BCUT2D eigenvalue weighted by Crippen LogP contribution is 2.25. The number of nitrogen functional groups attached to an aromatic ring is 1. The normalized spacial score (nSPS) is 21.2. The van der Waals surface area contributed by atoms with Crippen molar-refractivity contribution in [3.8, 4) is 5.75 Å². The van der Waals surface area contributed by atoms with Crippen molar-refractivity contribution < 1.29 is 4.74 Å². The van der Waals surface area contributed by atoms with Crippen LogP contribution in [-0.2, 0) is 13.0 Å². The minimum absolute atomic E-state index is 0.550. The lowest BCUT2D eigenvalue weighted by Gasteiger charge is -2.35. The summed E-state index contributed by atoms with van der Waals surface area (Å²) >= 11 is 0. The lowest BCUT2D eigenvalue weighted by molar-refractivity contribution is 0.142. The largest absolute Gasteiger partial charge is 0.487 e. The fourth-order valence-electron chi connectivity index (χ4n) is 3.88. The van der Waals surface area contributed by atoms with E-state index in [0.29, 0.717) is 6.61 Å². The molecule has 1 heterocycles. The summed E-state index contributed by atoms with van der Waals surface area (Å²) in [5.41, 5.74) is 9.37. The van der Waals surface area contributed by atoms with Crippen molar-refractivity contribution in [2.24, 2.45) is 11.8 Å². The van der Waals surface area contributed by atoms with Crippen LogP contribution >= 0.6 is 0 Å². The second-order valence-electron chi connectivity index (χ2n) is 7.60. The number of piperidine rings is 1. The van der Waals surface area contributed by atoms with Crippen LogP contribution in [0.15, 0.2) is 48.5 Å². The third-order valence-electron chi connectivity index (χ3n) is 4.97. The molecule has 1 aliphatic heterocycles. The number of nitrogens with zero attached hydrogens (tertiary/aromatic N) is 1. The third-order valence-corrected chi connectivity index (χ3v) is 4.97. The number of benzene rings is 2. The molecule has 2 unspecified atom stereocenters. The predicted octanol–water partition coefficient (Wildman–Crippen LogP) is 4.37. The Balaban J connectivity index is 1.53. The van der Waals surface area contributed by atoms with Crippen LogP contribution in [0.25, 0.3) is 0 Å². The van der Waals surface area contributed by atoms with Crippen LogP contribution < -0.4 is 10.5 Å². The van der Waals surface area contributed by atoms with Gasteiger partial charge in [0.1, 0.15) is 12.4 Å². The first kappa shape index (κ1) is 17.8. The van der Waals surface area contributed by atoms with Gasteiger partial charge in [-0.1, -0.05) is 50.2 Å². The predicted molar refractivity (Wildman–Crippen MR) is 105 cm³/mol. The van der Waals surface area contributed by atoms with Crippen molar-refractivity contribution in [2.75, 3.05) is 25.4 Å². The summed E-state index contributed by atoms with van der Waals surface area (Å²) in [4.78, 5) is 2.59. The van der Waals surface area contributed by atoms with Crippen molar-refractivity contribution >= 4 is 5.69 Å². The topological polar surface area (TPSA) is 38.5 Å². The zero-order valence-electron chi connectivity index (χ0n) is 15.4. The van der Waals surface area contributed by atoms with Crippen molar-refractivity contribution in [1.82, 2.24) is 4.90 Å². The molecule has 0 saturated carbocycles. The van der Waals surface area contributed by atoms with E-state index in [1.54, 1.807) is 0 Å². The molecule has 25 heavy (non-hydrogen) atoms. The Labute approximate surface area is 151 Å². The molecule has 2 aromatic rings. The highest BCUT2D eigenvalue weighted by atomic mass is 16.5. The average Bonchev–Trinajstić information content (AvgIpc) is 2.59. The number of likely N-dealkylation sites (tertiary alicyclic amines) is 1. The van der Waals surface area contributed by atoms with E-state index in [0.717, 1.165) is 41.8 Å². The third kappa shape index (κ3) is 5.23. The number of rotatable bonds is 6. The Bertz CT molecular complexity index is 661. The Morgan fingerprint density at radius 3 is 2.40 bits per heavy atom. The maximum Gasteiger partial charge on any atom is 0.142 e. The van der Waals surface area contributed by atoms with E-state index in [9.17, 15) is 0 Å². The number of hydrogen-bond acceptors (Lipinski definition) is 3. The lowest BCUT2D eigenvalue weighted by atomic mass is 9.91. The van der Waals surface area contributed by atoms with Gasteiger partial charge in [0.05, 0.1) is 5.69 Å². The van der Waals surface area contributed by atoms with E-state index in [4.69, 9.17) is 10.5 Å². The monoisotopic (exact) mass is 338 g/mol. The number of ether oxygens (including phenoxy) is 1. The molecule has 1 aliphatic rings. The summed E-state index contributed by atoms with van der Waals surface area (Å²) in [6, 6.07) is 16.4. The van der Waals surface area contributed by atoms with Gasteiger partial charge in [-0.2, -0.15) is 0 Å². The first-order chi connectivity index (χ1) is 12.1. The first-order valence-electron chi connectivity index (χ1n) is 9.37. The van der Waals surface area contributed by atoms with Crippen molar-refractivity contribution in [2.45, 2.75) is 33.3 Å². The summed E-state index contributed by atoms with van der Waals surface area (Å²) in [6.45, 7) is 8.82. The Morgan fingerprint density at radius 1 is 1.00 bits per heavy atom. The molecule has 0 amide bonds. The molecule has 2 aromatic carbocycles. The molecule has 3 rings (SSSR count). The van der Waals surface area contributed by atoms with E-state index < -0.39 is 0 Å². The van der Waals surface area contributed by atoms with E-state index in [1.807, 2.05) is 24.3 Å². The quantitative estimate of drug-likeness (QED) is 0.795. The van der Waals surface area contributed by atoms with Crippen molar-refractivity contribution in [1.29, 1.82) is 0 Å². The number of anilines is 1. The molecule has 1 fully saturated rings. The van der Waals surface area contributed by atoms with Gasteiger partial charge < -0.3 is 15.4 Å². The molecule has 3 nitrogen and oxygen atoms in total. The summed E-state index contributed by atoms with van der Waals surface area (Å²) in [5.74, 6) is 2.39. The smallest absolute Gasteiger partial charge is 0.142 e. The van der Waals surface area contributed by atoms with Crippen molar-refractivity contribution in [3.63, 3.8) is 0 Å². The Morgan fingerprint density at radius 2 is 1.72 bits per heavy atom. The SMILES string of the molecule is CC1CC(C)CN(CCc2ccc(OCc3ccccc3)c(N)c2)C1. The van der Waals surface area contributed by atoms with Crippen LogP contribution in [0.2, 0.25) is 0 Å². The fourth-order valence-corrected chi connectivity index (χ4v) is 3.88. The van der Waals surface area contributed by atoms with E-state index in [2.05, 4.69) is 43.0 Å². The maximum absolute atomic E-state index is 6.20. The number of nitrogens with two attached hydrogens (primary N) is 1. The summed E-state index contributed by atoms with van der Waals surface area (Å²) in [6.07, 6.45) is 2.40. The standard InChI is InChI=1S/C22H30N2O/c1-17-12-18(2)15-24(14-17)11-10-19-8-9-22(21(23)13-19)25-16-20-6-4-3-5-7-20/h3-9,13,17-18H,10-12,14-16,23H2,1-2H3. The molecular formula is C22H30N2O. The summed E-state index contributed by atoms with van der Waals surface area (Å²) in [7, 11) is 0. The fraction of sp³-hybridized carbons (Fsp3) is 0.455. The van der Waals surface area contributed by atoms with E-state index >= 15 is 0 Å². The highest BCUT2D eigenvalue weighted by Gasteiger charge is 2.21. The van der Waals surface area contributed by atoms with Gasteiger partial charge in [-0.25, -0.2) is 0 Å². The molecule has 0 bridgehead atoms. The molecule has 0 aliphatic carbocycles. The molecular weight excluding hydrogens is 308 g/mol. The van der Waals surface area contributed by atoms with Crippen LogP contribution in [0, 0.1) is 11.8 Å². The van der Waals surface area contributed by atoms with Crippen LogP contribution in [-0.4, -0.2) is 24.5 Å². The van der Waals surface area contributed by atoms with Crippen LogP contribution in [0.4, 0.5) is 5.69 Å². The zero-order chi connectivity index (χ0) is 17.6. The average molecular weight is 338 g/mol. The molecule has 134 valence electrons. The van der Waals surface area contributed by atoms with E-state index in [1.165, 1.54) is 25.1 Å². The zero-order valence-corrected chi connectivity index (χ0v) is 15.4. The molecule has 0 aromatic heterocycles. The maximum atomic E-state index is 6.20. The first-order valence-corrected chi connectivity index (χ1v) is 9.37. The molecule has 2 atom stereocenters. The van der Waals surface area contributed by atoms with Gasteiger partial charge in [0.2, 0.25) is 0 Å². The van der Waals surface area contributed by atoms with Crippen molar-refractivity contribution in [3.05, 3.63) is 59.7 Å². The van der Waals surface area contributed by atoms with Gasteiger partial charge in [-0.3, -0.25) is 0 Å². The van der Waals surface area contributed by atoms with Gasteiger partial charge >= 0.3 is 0 Å².